The highest BCUT2D eigenvalue weighted by molar-refractivity contribution is 5.95. The number of hydrogen-bond donors (Lipinski definition) is 0. The Balaban J connectivity index is 1.69. The molecule has 1 aliphatic heterocycles. The maximum Gasteiger partial charge on any atom is 0.270 e. The van der Waals surface area contributed by atoms with Crippen LogP contribution in [0.1, 0.15) is 16.1 Å². The first-order valence-corrected chi connectivity index (χ1v) is 8.67. The summed E-state index contributed by atoms with van der Waals surface area (Å²) in [6, 6.07) is 7.76. The van der Waals surface area contributed by atoms with Crippen molar-refractivity contribution in [1.29, 1.82) is 0 Å². The van der Waals surface area contributed by atoms with Crippen LogP contribution in [0.4, 0.5) is 17.5 Å². The molecule has 1 aliphatic rings. The number of aromatic nitrogens is 2. The van der Waals surface area contributed by atoms with Gasteiger partial charge in [-0.3, -0.25) is 14.9 Å². The molecule has 1 fully saturated rings. The lowest BCUT2D eigenvalue weighted by Gasteiger charge is -2.35. The smallest absolute Gasteiger partial charge is 0.270 e. The lowest BCUT2D eigenvalue weighted by atomic mass is 10.1. The summed E-state index contributed by atoms with van der Waals surface area (Å²) in [5.74, 6) is 1.30. The zero-order valence-corrected chi connectivity index (χ0v) is 15.6. The van der Waals surface area contributed by atoms with Gasteiger partial charge in [-0.2, -0.15) is 4.98 Å². The van der Waals surface area contributed by atoms with E-state index >= 15 is 0 Å². The van der Waals surface area contributed by atoms with Crippen LogP contribution in [-0.2, 0) is 0 Å². The average Bonchev–Trinajstić information content (AvgIpc) is 2.67. The zero-order chi connectivity index (χ0) is 19.6. The first-order valence-electron chi connectivity index (χ1n) is 8.67. The minimum Gasteiger partial charge on any atom is -0.363 e. The third kappa shape index (κ3) is 4.13. The lowest BCUT2D eigenvalue weighted by molar-refractivity contribution is -0.384. The molecule has 2 heterocycles. The van der Waals surface area contributed by atoms with Crippen molar-refractivity contribution in [3.05, 3.63) is 51.7 Å². The van der Waals surface area contributed by atoms with E-state index in [9.17, 15) is 14.9 Å². The van der Waals surface area contributed by atoms with Crippen molar-refractivity contribution in [2.24, 2.45) is 0 Å². The van der Waals surface area contributed by atoms with E-state index in [1.165, 1.54) is 18.2 Å². The molecule has 1 amide bonds. The number of hydrogen-bond acceptors (Lipinski definition) is 7. The summed E-state index contributed by atoms with van der Waals surface area (Å²) in [6.07, 6.45) is 0. The highest BCUT2D eigenvalue weighted by Crippen LogP contribution is 2.19. The first kappa shape index (κ1) is 18.6. The predicted octanol–water partition coefficient (Wildman–Crippen LogP) is 1.72. The van der Waals surface area contributed by atoms with Crippen molar-refractivity contribution in [1.82, 2.24) is 14.9 Å². The van der Waals surface area contributed by atoms with E-state index in [4.69, 9.17) is 0 Å². The molecule has 0 N–H and O–H groups in total. The maximum atomic E-state index is 12.7. The maximum absolute atomic E-state index is 12.7. The quantitative estimate of drug-likeness (QED) is 0.597. The van der Waals surface area contributed by atoms with Gasteiger partial charge in [-0.25, -0.2) is 4.98 Å². The highest BCUT2D eigenvalue weighted by Gasteiger charge is 2.25. The van der Waals surface area contributed by atoms with E-state index < -0.39 is 4.92 Å². The van der Waals surface area contributed by atoms with Crippen LogP contribution in [0, 0.1) is 17.0 Å². The Bertz CT molecular complexity index is 862. The van der Waals surface area contributed by atoms with Crippen molar-refractivity contribution >= 4 is 23.4 Å². The fourth-order valence-electron chi connectivity index (χ4n) is 2.95. The van der Waals surface area contributed by atoms with Crippen LogP contribution in [0.15, 0.2) is 30.3 Å². The Morgan fingerprint density at radius 2 is 1.85 bits per heavy atom. The third-order valence-electron chi connectivity index (χ3n) is 4.44. The van der Waals surface area contributed by atoms with Gasteiger partial charge in [-0.1, -0.05) is 6.07 Å². The van der Waals surface area contributed by atoms with Gasteiger partial charge in [-0.05, 0) is 13.0 Å². The second-order valence-electron chi connectivity index (χ2n) is 6.65. The summed E-state index contributed by atoms with van der Waals surface area (Å²) >= 11 is 0. The number of nitro benzene ring substituents is 1. The minimum absolute atomic E-state index is 0.0798. The predicted molar refractivity (Wildman–Crippen MR) is 102 cm³/mol. The van der Waals surface area contributed by atoms with Crippen LogP contribution >= 0.6 is 0 Å². The summed E-state index contributed by atoms with van der Waals surface area (Å²) < 4.78 is 0. The van der Waals surface area contributed by atoms with Gasteiger partial charge < -0.3 is 14.7 Å². The van der Waals surface area contributed by atoms with Gasteiger partial charge in [0.1, 0.15) is 5.82 Å². The fraction of sp³-hybridized carbons (Fsp3) is 0.389. The van der Waals surface area contributed by atoms with E-state index in [0.29, 0.717) is 37.7 Å². The second kappa shape index (κ2) is 7.56. The monoisotopic (exact) mass is 370 g/mol. The number of amides is 1. The van der Waals surface area contributed by atoms with E-state index in [1.807, 2.05) is 32.0 Å². The van der Waals surface area contributed by atoms with Crippen molar-refractivity contribution in [2.45, 2.75) is 6.92 Å². The number of nitro groups is 1. The molecule has 1 aromatic heterocycles. The largest absolute Gasteiger partial charge is 0.363 e. The summed E-state index contributed by atoms with van der Waals surface area (Å²) in [5, 5.41) is 10.9. The molecule has 0 atom stereocenters. The number of benzene rings is 1. The number of non-ortho nitro benzene ring substituents is 1. The Kier molecular flexibility index (Phi) is 5.20. The standard InChI is InChI=1S/C18H22N6O3/c1-13-11-16(21(2)3)20-18(19-13)23-9-7-22(8-10-23)17(25)14-5-4-6-15(12-14)24(26)27/h4-6,11-12H,7-10H2,1-3H3. The van der Waals surface area contributed by atoms with Gasteiger partial charge >= 0.3 is 0 Å². The number of nitrogens with zero attached hydrogens (tertiary/aromatic N) is 6. The molecule has 0 unspecified atom stereocenters. The molecule has 3 rings (SSSR count). The second-order valence-corrected chi connectivity index (χ2v) is 6.65. The highest BCUT2D eigenvalue weighted by atomic mass is 16.6. The molecular formula is C18H22N6O3. The molecule has 0 aliphatic carbocycles. The summed E-state index contributed by atoms with van der Waals surface area (Å²) in [5.41, 5.74) is 1.14. The van der Waals surface area contributed by atoms with Gasteiger partial charge in [0.15, 0.2) is 0 Å². The number of anilines is 2. The average molecular weight is 370 g/mol. The van der Waals surface area contributed by atoms with Crippen molar-refractivity contribution < 1.29 is 9.72 Å². The molecular weight excluding hydrogens is 348 g/mol. The van der Waals surface area contributed by atoms with Crippen LogP contribution in [0.2, 0.25) is 0 Å². The van der Waals surface area contributed by atoms with Gasteiger partial charge in [-0.15, -0.1) is 0 Å². The molecule has 1 saturated heterocycles. The van der Waals surface area contributed by atoms with E-state index in [1.54, 1.807) is 11.0 Å². The lowest BCUT2D eigenvalue weighted by Crippen LogP contribution is -2.49. The zero-order valence-electron chi connectivity index (χ0n) is 15.6. The molecule has 27 heavy (non-hydrogen) atoms. The SMILES string of the molecule is Cc1cc(N(C)C)nc(N2CCN(C(=O)c3cccc([N+](=O)[O-])c3)CC2)n1. The number of piperazine rings is 1. The normalized spacial score (nSPS) is 14.2. The molecule has 0 bridgehead atoms. The molecule has 9 nitrogen and oxygen atoms in total. The van der Waals surface area contributed by atoms with Crippen molar-refractivity contribution in [2.75, 3.05) is 50.1 Å². The van der Waals surface area contributed by atoms with Crippen LogP contribution in [0.3, 0.4) is 0 Å². The number of rotatable bonds is 4. The third-order valence-corrected chi connectivity index (χ3v) is 4.44. The van der Waals surface area contributed by atoms with Crippen LogP contribution in [0.5, 0.6) is 0 Å². The molecule has 0 spiro atoms. The number of aryl methyl sites for hydroxylation is 1. The molecule has 2 aromatic rings. The summed E-state index contributed by atoms with van der Waals surface area (Å²) in [4.78, 5) is 37.9. The van der Waals surface area contributed by atoms with Crippen molar-refractivity contribution in [3.63, 3.8) is 0 Å². The van der Waals surface area contributed by atoms with Gasteiger partial charge in [0, 0.05) is 69.7 Å². The topological polar surface area (TPSA) is 95.7 Å². The summed E-state index contributed by atoms with van der Waals surface area (Å²) in [7, 11) is 3.86. The van der Waals surface area contributed by atoms with E-state index in [0.717, 1.165) is 11.5 Å². The van der Waals surface area contributed by atoms with Crippen LogP contribution in [0.25, 0.3) is 0 Å². The Morgan fingerprint density at radius 1 is 1.15 bits per heavy atom. The fourth-order valence-corrected chi connectivity index (χ4v) is 2.95. The molecule has 0 saturated carbocycles. The Hall–Kier alpha value is -3.23. The molecule has 9 heteroatoms. The molecule has 142 valence electrons. The first-order chi connectivity index (χ1) is 12.8. The molecule has 1 aromatic carbocycles. The van der Waals surface area contributed by atoms with Gasteiger partial charge in [0.2, 0.25) is 5.95 Å². The van der Waals surface area contributed by atoms with Crippen LogP contribution < -0.4 is 9.80 Å². The minimum atomic E-state index is -0.494. The Morgan fingerprint density at radius 3 is 2.48 bits per heavy atom. The number of carbonyl (C=O) groups excluding carboxylic acids is 1. The summed E-state index contributed by atoms with van der Waals surface area (Å²) in [6.45, 7) is 4.17. The Labute approximate surface area is 157 Å². The van der Waals surface area contributed by atoms with Crippen LogP contribution in [-0.4, -0.2) is 66.0 Å². The molecule has 0 radical (unpaired) electrons. The van der Waals surface area contributed by atoms with E-state index in [2.05, 4.69) is 14.9 Å². The van der Waals surface area contributed by atoms with Gasteiger partial charge in [0.25, 0.3) is 11.6 Å². The number of carbonyl (C=O) groups is 1. The van der Waals surface area contributed by atoms with Crippen molar-refractivity contribution in [3.8, 4) is 0 Å². The van der Waals surface area contributed by atoms with Gasteiger partial charge in [0.05, 0.1) is 4.92 Å². The van der Waals surface area contributed by atoms with E-state index in [-0.39, 0.29) is 11.6 Å².